The SMILES string of the molecule is [C-]#[N+]CCOP(=O)(OC[C@@H](C)[C@@H](C)[C@H](CC)OCc1ccccc1)OC[C@H](OCc1ccccc1)[C@H](C)[C@H](C)COCP. The van der Waals surface area contributed by atoms with E-state index in [4.69, 9.17) is 34.4 Å². The normalized spacial score (nSPS) is 17.2. The summed E-state index contributed by atoms with van der Waals surface area (Å²) in [6, 6.07) is 20.0. The second-order valence-corrected chi connectivity index (χ2v) is 13.0. The fourth-order valence-electron chi connectivity index (χ4n) is 4.52. The number of nitrogens with zero attached hydrogens (tertiary/aromatic N) is 1. The van der Waals surface area contributed by atoms with Crippen LogP contribution in [0, 0.1) is 30.2 Å². The summed E-state index contributed by atoms with van der Waals surface area (Å²) < 4.78 is 49.4. The van der Waals surface area contributed by atoms with Crippen LogP contribution in [0.3, 0.4) is 0 Å². The zero-order valence-corrected chi connectivity index (χ0v) is 28.5. The van der Waals surface area contributed by atoms with Crippen LogP contribution in [0.2, 0.25) is 0 Å². The quantitative estimate of drug-likeness (QED) is 0.0695. The van der Waals surface area contributed by atoms with Crippen molar-refractivity contribution in [2.45, 2.75) is 66.5 Å². The van der Waals surface area contributed by atoms with Crippen molar-refractivity contribution >= 4 is 17.1 Å². The Morgan fingerprint density at radius 2 is 1.28 bits per heavy atom. The topological polar surface area (TPSA) is 76.8 Å². The third-order valence-electron chi connectivity index (χ3n) is 7.83. The van der Waals surface area contributed by atoms with E-state index < -0.39 is 13.9 Å². The number of hydrogen-bond donors (Lipinski definition) is 0. The Kier molecular flexibility index (Phi) is 18.5. The predicted molar refractivity (Wildman–Crippen MR) is 174 cm³/mol. The monoisotopic (exact) mass is 635 g/mol. The first-order valence-electron chi connectivity index (χ1n) is 15.2. The van der Waals surface area contributed by atoms with Gasteiger partial charge in [-0.15, -0.1) is 9.24 Å². The van der Waals surface area contributed by atoms with Crippen LogP contribution in [0.1, 0.15) is 52.2 Å². The molecule has 0 aliphatic carbocycles. The van der Waals surface area contributed by atoms with Crippen LogP contribution in [0.5, 0.6) is 0 Å². The van der Waals surface area contributed by atoms with Crippen LogP contribution in [-0.4, -0.2) is 51.5 Å². The highest BCUT2D eigenvalue weighted by Crippen LogP contribution is 2.50. The average molecular weight is 636 g/mol. The maximum Gasteiger partial charge on any atom is 0.475 e. The van der Waals surface area contributed by atoms with Gasteiger partial charge in [-0.05, 0) is 41.2 Å². The van der Waals surface area contributed by atoms with Crippen molar-refractivity contribution in [3.63, 3.8) is 0 Å². The fourth-order valence-corrected chi connectivity index (χ4v) is 5.93. The van der Waals surface area contributed by atoms with Crippen LogP contribution in [0.15, 0.2) is 60.7 Å². The van der Waals surface area contributed by atoms with Gasteiger partial charge < -0.3 is 19.1 Å². The molecule has 8 nitrogen and oxygen atoms in total. The van der Waals surface area contributed by atoms with E-state index in [2.05, 4.69) is 41.8 Å². The van der Waals surface area contributed by atoms with E-state index in [9.17, 15) is 4.57 Å². The summed E-state index contributed by atoms with van der Waals surface area (Å²) in [6.45, 7) is 19.2. The van der Waals surface area contributed by atoms with Crippen molar-refractivity contribution < 1.29 is 32.3 Å². The molecule has 0 aromatic heterocycles. The third kappa shape index (κ3) is 14.3. The van der Waals surface area contributed by atoms with E-state index in [1.165, 1.54) is 0 Å². The second-order valence-electron chi connectivity index (χ2n) is 11.0. The molecule has 240 valence electrons. The zero-order chi connectivity index (χ0) is 31.5. The van der Waals surface area contributed by atoms with Gasteiger partial charge >= 0.3 is 7.82 Å². The molecule has 0 spiro atoms. The second kappa shape index (κ2) is 21.2. The lowest BCUT2D eigenvalue weighted by molar-refractivity contribution is -0.0539. The molecule has 0 amide bonds. The summed E-state index contributed by atoms with van der Waals surface area (Å²) in [5.41, 5.74) is 2.15. The van der Waals surface area contributed by atoms with E-state index in [0.717, 1.165) is 17.5 Å². The van der Waals surface area contributed by atoms with Crippen molar-refractivity contribution in [2.24, 2.45) is 23.7 Å². The van der Waals surface area contributed by atoms with Gasteiger partial charge in [0.05, 0.1) is 45.0 Å². The first-order chi connectivity index (χ1) is 20.7. The number of benzene rings is 2. The molecule has 8 atom stereocenters. The Hall–Kier alpha value is -1.65. The highest BCUT2D eigenvalue weighted by atomic mass is 31.2. The molecule has 10 heteroatoms. The average Bonchev–Trinajstić information content (AvgIpc) is 3.03. The lowest BCUT2D eigenvalue weighted by atomic mass is 9.90. The molecule has 43 heavy (non-hydrogen) atoms. The number of phosphoric acid groups is 1. The fraction of sp³-hybridized carbons (Fsp3) is 0.606. The molecule has 2 unspecified atom stereocenters. The Balaban J connectivity index is 2.06. The molecule has 2 aromatic rings. The minimum absolute atomic E-state index is 0.00369. The largest absolute Gasteiger partial charge is 0.475 e. The molecular weight excluding hydrogens is 584 g/mol. The first kappa shape index (κ1) is 37.5. The maximum atomic E-state index is 13.8. The van der Waals surface area contributed by atoms with Gasteiger partial charge in [0.15, 0.2) is 0 Å². The first-order valence-corrected chi connectivity index (χ1v) is 17.5. The maximum absolute atomic E-state index is 13.8. The molecule has 0 saturated heterocycles. The predicted octanol–water partition coefficient (Wildman–Crippen LogP) is 8.04. The van der Waals surface area contributed by atoms with E-state index in [0.29, 0.717) is 26.2 Å². The van der Waals surface area contributed by atoms with Crippen molar-refractivity contribution in [3.05, 3.63) is 83.2 Å². The standard InChI is InChI=1S/C33H51NO7P2/c1-7-32(37-22-30-14-10-8-11-15-30)28(4)27(3)21-40-43(35,39-19-18-34-6)41-24-33(29(5)26(2)20-36-25-42)38-23-31-16-12-9-13-17-31/h8-17,26-29,32-33H,7,18-25,42H2,1-5H3/t26-,27-,28-,29-,32+,33+,43?/m1/s1. The van der Waals surface area contributed by atoms with Crippen molar-refractivity contribution in [1.82, 2.24) is 0 Å². The molecule has 0 heterocycles. The van der Waals surface area contributed by atoms with Gasteiger partial charge in [-0.1, -0.05) is 95.3 Å². The van der Waals surface area contributed by atoms with Crippen molar-refractivity contribution in [2.75, 3.05) is 39.3 Å². The van der Waals surface area contributed by atoms with Crippen molar-refractivity contribution in [1.29, 1.82) is 0 Å². The zero-order valence-electron chi connectivity index (χ0n) is 26.4. The molecule has 0 saturated carbocycles. The third-order valence-corrected chi connectivity index (χ3v) is 9.49. The number of ether oxygens (including phenoxy) is 3. The van der Waals surface area contributed by atoms with E-state index in [1.807, 2.05) is 67.6 Å². The van der Waals surface area contributed by atoms with Gasteiger partial charge in [0.1, 0.15) is 6.61 Å². The van der Waals surface area contributed by atoms with E-state index >= 15 is 0 Å². The van der Waals surface area contributed by atoms with Crippen LogP contribution in [-0.2, 0) is 45.6 Å². The molecule has 0 radical (unpaired) electrons. The highest BCUT2D eigenvalue weighted by Gasteiger charge is 2.34. The summed E-state index contributed by atoms with van der Waals surface area (Å²) in [5, 5.41) is 0. The van der Waals surface area contributed by atoms with Gasteiger partial charge in [0, 0.05) is 6.61 Å². The Morgan fingerprint density at radius 3 is 1.81 bits per heavy atom. The summed E-state index contributed by atoms with van der Waals surface area (Å²) in [7, 11) is -1.42. The van der Waals surface area contributed by atoms with Gasteiger partial charge in [0.2, 0.25) is 6.54 Å². The lowest BCUT2D eigenvalue weighted by Gasteiger charge is -2.31. The molecular formula is C33H51NO7P2. The Bertz CT molecular complexity index is 1090. The van der Waals surface area contributed by atoms with Gasteiger partial charge in [-0.3, -0.25) is 13.6 Å². The highest BCUT2D eigenvalue weighted by molar-refractivity contribution is 7.48. The molecule has 0 aliphatic heterocycles. The van der Waals surface area contributed by atoms with Gasteiger partial charge in [0.25, 0.3) is 0 Å². The van der Waals surface area contributed by atoms with Crippen LogP contribution >= 0.6 is 17.1 Å². The van der Waals surface area contributed by atoms with Gasteiger partial charge in [-0.25, -0.2) is 11.1 Å². The van der Waals surface area contributed by atoms with Crippen LogP contribution in [0.4, 0.5) is 0 Å². The van der Waals surface area contributed by atoms with Crippen LogP contribution in [0.25, 0.3) is 4.85 Å². The number of phosphoric ester groups is 1. The van der Waals surface area contributed by atoms with Crippen molar-refractivity contribution in [3.8, 4) is 0 Å². The smallest absolute Gasteiger partial charge is 0.377 e. The number of rotatable bonds is 23. The molecule has 0 aliphatic rings. The summed E-state index contributed by atoms with van der Waals surface area (Å²) in [4.78, 5) is 3.32. The molecule has 0 bridgehead atoms. The minimum atomic E-state index is -3.98. The number of hydrogen-bond acceptors (Lipinski definition) is 7. The minimum Gasteiger partial charge on any atom is -0.377 e. The van der Waals surface area contributed by atoms with E-state index in [-0.39, 0.29) is 56.1 Å². The Morgan fingerprint density at radius 1 is 0.767 bits per heavy atom. The van der Waals surface area contributed by atoms with Crippen LogP contribution < -0.4 is 0 Å². The Labute approximate surface area is 261 Å². The molecule has 0 fully saturated rings. The van der Waals surface area contributed by atoms with Gasteiger partial charge in [-0.2, -0.15) is 0 Å². The molecule has 0 N–H and O–H groups in total. The van der Waals surface area contributed by atoms with E-state index in [1.54, 1.807) is 0 Å². The summed E-state index contributed by atoms with van der Waals surface area (Å²) in [5.74, 6) is 0.333. The molecule has 2 rings (SSSR count). The molecule has 2 aromatic carbocycles. The summed E-state index contributed by atoms with van der Waals surface area (Å²) >= 11 is 0. The lowest BCUT2D eigenvalue weighted by Crippen LogP contribution is -2.33. The summed E-state index contributed by atoms with van der Waals surface area (Å²) in [6.07, 6.45) is 1.000.